The molecule has 2 aliphatic rings. The summed E-state index contributed by atoms with van der Waals surface area (Å²) in [6.07, 6.45) is 18.3. The SMILES string of the molecule is CCCC[C@H]1CC[C@H](CCC2CCC(c3ccc(CCc4cc(F)c(Cl)c(F)c4)c(F)c3)CC2)CC1. The van der Waals surface area contributed by atoms with E-state index in [4.69, 9.17) is 11.6 Å². The number of hydrogen-bond acceptors (Lipinski definition) is 0. The molecule has 0 nitrogen and oxygen atoms in total. The summed E-state index contributed by atoms with van der Waals surface area (Å²) >= 11 is 5.55. The van der Waals surface area contributed by atoms with Crippen LogP contribution < -0.4 is 0 Å². The molecule has 36 heavy (non-hydrogen) atoms. The van der Waals surface area contributed by atoms with E-state index in [0.717, 1.165) is 36.2 Å². The molecule has 2 saturated carbocycles. The lowest BCUT2D eigenvalue weighted by molar-refractivity contribution is 0.222. The standard InChI is InChI=1S/C32H42ClF3/c1-2-3-4-22-5-7-23(8-6-22)9-10-24-11-14-26(15-12-24)28-18-17-27(29(34)21-28)16-13-25-19-30(35)32(33)31(36)20-25/h17-24,26H,2-16H2,1H3/t22-,23-,24?,26?. The predicted molar refractivity (Wildman–Crippen MR) is 144 cm³/mol. The summed E-state index contributed by atoms with van der Waals surface area (Å²) in [4.78, 5) is 0. The average Bonchev–Trinajstić information content (AvgIpc) is 2.89. The highest BCUT2D eigenvalue weighted by Gasteiger charge is 2.25. The van der Waals surface area contributed by atoms with Crippen LogP contribution in [-0.2, 0) is 12.8 Å². The molecule has 2 aliphatic carbocycles. The first kappa shape index (κ1) is 27.6. The van der Waals surface area contributed by atoms with Crippen molar-refractivity contribution >= 4 is 11.6 Å². The van der Waals surface area contributed by atoms with Crippen molar-refractivity contribution in [3.8, 4) is 0 Å². The van der Waals surface area contributed by atoms with Crippen LogP contribution in [0, 0.1) is 35.2 Å². The molecule has 0 N–H and O–H groups in total. The Bertz CT molecular complexity index is 948. The van der Waals surface area contributed by atoms with Crippen molar-refractivity contribution in [2.45, 2.75) is 109 Å². The van der Waals surface area contributed by atoms with E-state index in [-0.39, 0.29) is 5.82 Å². The summed E-state index contributed by atoms with van der Waals surface area (Å²) in [5.41, 5.74) is 2.18. The van der Waals surface area contributed by atoms with Crippen molar-refractivity contribution in [2.24, 2.45) is 17.8 Å². The van der Waals surface area contributed by atoms with Gasteiger partial charge in [0, 0.05) is 0 Å². The lowest BCUT2D eigenvalue weighted by Crippen LogP contribution is -2.18. The highest BCUT2D eigenvalue weighted by Crippen LogP contribution is 2.40. The molecule has 2 aromatic rings. The number of aryl methyl sites for hydroxylation is 2. The maximum absolute atomic E-state index is 14.9. The van der Waals surface area contributed by atoms with Gasteiger partial charge in [0.15, 0.2) is 0 Å². The second-order valence-corrected chi connectivity index (χ2v) is 11.9. The second-order valence-electron chi connectivity index (χ2n) is 11.5. The molecule has 2 fully saturated rings. The van der Waals surface area contributed by atoms with Crippen molar-refractivity contribution in [3.05, 3.63) is 69.5 Å². The van der Waals surface area contributed by atoms with E-state index in [2.05, 4.69) is 13.0 Å². The lowest BCUT2D eigenvalue weighted by Gasteiger charge is -2.32. The van der Waals surface area contributed by atoms with Crippen molar-refractivity contribution < 1.29 is 13.2 Å². The van der Waals surface area contributed by atoms with Crippen LogP contribution in [0.15, 0.2) is 30.3 Å². The van der Waals surface area contributed by atoms with Gasteiger partial charge in [0.05, 0.1) is 0 Å². The monoisotopic (exact) mass is 518 g/mol. The second kappa shape index (κ2) is 13.4. The third-order valence-corrected chi connectivity index (χ3v) is 9.40. The third kappa shape index (κ3) is 7.53. The molecule has 0 spiro atoms. The Morgan fingerprint density at radius 3 is 1.81 bits per heavy atom. The molecule has 0 aliphatic heterocycles. The van der Waals surface area contributed by atoms with E-state index in [9.17, 15) is 13.2 Å². The van der Waals surface area contributed by atoms with E-state index < -0.39 is 16.7 Å². The number of benzene rings is 2. The van der Waals surface area contributed by atoms with Gasteiger partial charge in [0.1, 0.15) is 22.5 Å². The molecule has 0 saturated heterocycles. The Kier molecular flexibility index (Phi) is 10.2. The minimum atomic E-state index is -0.770. The summed E-state index contributed by atoms with van der Waals surface area (Å²) in [5.74, 6) is 1.47. The van der Waals surface area contributed by atoms with Gasteiger partial charge in [-0.05, 0) is 97.1 Å². The van der Waals surface area contributed by atoms with Crippen LogP contribution >= 0.6 is 11.6 Å². The van der Waals surface area contributed by atoms with Crippen molar-refractivity contribution in [1.29, 1.82) is 0 Å². The van der Waals surface area contributed by atoms with E-state index in [1.54, 1.807) is 6.07 Å². The van der Waals surface area contributed by atoms with Crippen LogP contribution in [0.5, 0.6) is 0 Å². The van der Waals surface area contributed by atoms with Crippen LogP contribution in [0.25, 0.3) is 0 Å². The number of hydrogen-bond donors (Lipinski definition) is 0. The fraction of sp³-hybridized carbons (Fsp3) is 0.625. The summed E-state index contributed by atoms with van der Waals surface area (Å²) in [6.45, 7) is 2.30. The van der Waals surface area contributed by atoms with Gasteiger partial charge in [-0.2, -0.15) is 0 Å². The normalized spacial score (nSPS) is 24.7. The molecule has 198 valence electrons. The van der Waals surface area contributed by atoms with Gasteiger partial charge in [-0.1, -0.05) is 88.4 Å². The van der Waals surface area contributed by atoms with Gasteiger partial charge in [0.2, 0.25) is 0 Å². The first-order valence-electron chi connectivity index (χ1n) is 14.3. The predicted octanol–water partition coefficient (Wildman–Crippen LogP) is 10.6. The van der Waals surface area contributed by atoms with Gasteiger partial charge >= 0.3 is 0 Å². The molecule has 0 heterocycles. The molecule has 0 radical (unpaired) electrons. The Morgan fingerprint density at radius 2 is 1.25 bits per heavy atom. The van der Waals surface area contributed by atoms with Gasteiger partial charge in [0.25, 0.3) is 0 Å². The van der Waals surface area contributed by atoms with Crippen LogP contribution in [0.1, 0.15) is 113 Å². The summed E-state index contributed by atoms with van der Waals surface area (Å²) in [7, 11) is 0. The summed E-state index contributed by atoms with van der Waals surface area (Å²) < 4.78 is 42.2. The van der Waals surface area contributed by atoms with Gasteiger partial charge in [-0.3, -0.25) is 0 Å². The smallest absolute Gasteiger partial charge is 0.145 e. The van der Waals surface area contributed by atoms with Gasteiger partial charge in [-0.15, -0.1) is 0 Å². The molecule has 2 aromatic carbocycles. The van der Waals surface area contributed by atoms with E-state index in [1.165, 1.54) is 82.8 Å². The molecular weight excluding hydrogens is 477 g/mol. The van der Waals surface area contributed by atoms with E-state index in [0.29, 0.717) is 29.9 Å². The quantitative estimate of drug-likeness (QED) is 0.274. The molecule has 0 atom stereocenters. The van der Waals surface area contributed by atoms with Crippen LogP contribution in [-0.4, -0.2) is 0 Å². The lowest BCUT2D eigenvalue weighted by atomic mass is 9.74. The Balaban J connectivity index is 1.20. The first-order valence-corrected chi connectivity index (χ1v) is 14.7. The zero-order chi connectivity index (χ0) is 25.5. The van der Waals surface area contributed by atoms with E-state index in [1.807, 2.05) is 6.07 Å². The number of halogens is 4. The molecule has 0 amide bonds. The van der Waals surface area contributed by atoms with E-state index >= 15 is 0 Å². The summed E-state index contributed by atoms with van der Waals surface area (Å²) in [5, 5.41) is -0.492. The maximum Gasteiger partial charge on any atom is 0.145 e. The molecule has 4 heteroatoms. The summed E-state index contributed by atoms with van der Waals surface area (Å²) in [6, 6.07) is 8.07. The number of rotatable bonds is 10. The van der Waals surface area contributed by atoms with Gasteiger partial charge in [-0.25, -0.2) is 13.2 Å². The van der Waals surface area contributed by atoms with Crippen molar-refractivity contribution in [3.63, 3.8) is 0 Å². The number of unbranched alkanes of at least 4 members (excludes halogenated alkanes) is 1. The topological polar surface area (TPSA) is 0 Å². The van der Waals surface area contributed by atoms with Crippen LogP contribution in [0.4, 0.5) is 13.2 Å². The highest BCUT2D eigenvalue weighted by molar-refractivity contribution is 6.30. The molecule has 0 aromatic heterocycles. The van der Waals surface area contributed by atoms with Crippen molar-refractivity contribution in [2.75, 3.05) is 0 Å². The molecule has 4 rings (SSSR count). The molecule has 0 bridgehead atoms. The van der Waals surface area contributed by atoms with Gasteiger partial charge < -0.3 is 0 Å². The van der Waals surface area contributed by atoms with Crippen LogP contribution in [0.3, 0.4) is 0 Å². The van der Waals surface area contributed by atoms with Crippen molar-refractivity contribution in [1.82, 2.24) is 0 Å². The highest BCUT2D eigenvalue weighted by atomic mass is 35.5. The minimum absolute atomic E-state index is 0.209. The Hall–Kier alpha value is -1.48. The zero-order valence-electron chi connectivity index (χ0n) is 21.8. The fourth-order valence-corrected chi connectivity index (χ4v) is 6.72. The zero-order valence-corrected chi connectivity index (χ0v) is 22.6. The Labute approximate surface area is 221 Å². The molecular formula is C32H42ClF3. The minimum Gasteiger partial charge on any atom is -0.207 e. The fourth-order valence-electron chi connectivity index (χ4n) is 6.61. The Morgan fingerprint density at radius 1 is 0.694 bits per heavy atom. The third-order valence-electron chi connectivity index (χ3n) is 9.04. The van der Waals surface area contributed by atoms with Crippen LogP contribution in [0.2, 0.25) is 5.02 Å². The maximum atomic E-state index is 14.9. The average molecular weight is 519 g/mol. The largest absolute Gasteiger partial charge is 0.207 e. The first-order chi connectivity index (χ1) is 17.4. The molecule has 0 unspecified atom stereocenters.